The number of sulfonamides is 1. The molecule has 1 aromatic rings. The number of rotatable bonds is 8. The van der Waals surface area contributed by atoms with E-state index in [0.717, 1.165) is 37.9 Å². The molecule has 1 aliphatic carbocycles. The largest absolute Gasteiger partial charge is 0.313 e. The van der Waals surface area contributed by atoms with E-state index in [1.54, 1.807) is 6.07 Å². The highest BCUT2D eigenvalue weighted by Crippen LogP contribution is 2.30. The Bertz CT molecular complexity index is 510. The molecule has 0 unspecified atom stereocenters. The van der Waals surface area contributed by atoms with Gasteiger partial charge in [-0.15, -0.1) is 0 Å². The van der Waals surface area contributed by atoms with E-state index < -0.39 is 10.0 Å². The summed E-state index contributed by atoms with van der Waals surface area (Å²) in [6.07, 6.45) is 3.18. The van der Waals surface area contributed by atoms with Crippen molar-refractivity contribution in [2.24, 2.45) is 5.92 Å². The van der Waals surface area contributed by atoms with Crippen LogP contribution in [-0.4, -0.2) is 20.7 Å². The highest BCUT2D eigenvalue weighted by Gasteiger charge is 2.27. The van der Waals surface area contributed by atoms with Gasteiger partial charge in [0.15, 0.2) is 0 Å². The second kappa shape index (κ2) is 6.39. The Balaban J connectivity index is 1.93. The Morgan fingerprint density at radius 3 is 2.79 bits per heavy atom. The average Bonchev–Trinajstić information content (AvgIpc) is 3.12. The fourth-order valence-corrected chi connectivity index (χ4v) is 3.49. The maximum absolute atomic E-state index is 11.9. The molecule has 0 bridgehead atoms. The lowest BCUT2D eigenvalue weighted by Crippen LogP contribution is -2.18. The maximum atomic E-state index is 11.9. The van der Waals surface area contributed by atoms with Crippen LogP contribution >= 0.6 is 0 Å². The van der Waals surface area contributed by atoms with Crippen LogP contribution in [0.2, 0.25) is 0 Å². The van der Waals surface area contributed by atoms with Crippen molar-refractivity contribution in [2.75, 3.05) is 17.0 Å². The van der Waals surface area contributed by atoms with E-state index in [9.17, 15) is 8.42 Å². The Morgan fingerprint density at radius 1 is 1.32 bits per heavy atom. The first-order chi connectivity index (χ1) is 9.09. The minimum Gasteiger partial charge on any atom is -0.313 e. The van der Waals surface area contributed by atoms with Crippen molar-refractivity contribution in [1.82, 2.24) is 5.32 Å². The molecule has 0 radical (unpaired) electrons. The summed E-state index contributed by atoms with van der Waals surface area (Å²) in [6.45, 7) is 3.86. The Morgan fingerprint density at radius 2 is 2.11 bits per heavy atom. The molecule has 1 aromatic carbocycles. The van der Waals surface area contributed by atoms with Crippen LogP contribution in [0.15, 0.2) is 24.3 Å². The van der Waals surface area contributed by atoms with Gasteiger partial charge < -0.3 is 5.32 Å². The normalized spacial score (nSPS) is 15.4. The molecule has 0 saturated heterocycles. The molecule has 106 valence electrons. The van der Waals surface area contributed by atoms with Crippen molar-refractivity contribution in [2.45, 2.75) is 32.7 Å². The third kappa shape index (κ3) is 5.20. The van der Waals surface area contributed by atoms with Gasteiger partial charge in [-0.2, -0.15) is 0 Å². The number of hydrogen-bond donors (Lipinski definition) is 2. The first kappa shape index (κ1) is 14.3. The molecular formula is C14H22N2O2S. The molecule has 0 aromatic heterocycles. The summed E-state index contributed by atoms with van der Waals surface area (Å²) in [5.74, 6) is 0.623. The quantitative estimate of drug-likeness (QED) is 0.720. The summed E-state index contributed by atoms with van der Waals surface area (Å²) in [5.41, 5.74) is 1.76. The number of nitrogens with one attached hydrogen (secondary N) is 2. The summed E-state index contributed by atoms with van der Waals surface area (Å²) < 4.78 is 26.5. The summed E-state index contributed by atoms with van der Waals surface area (Å²) in [5, 5.41) is 3.31. The van der Waals surface area contributed by atoms with Crippen LogP contribution in [0.25, 0.3) is 0 Å². The zero-order valence-electron chi connectivity index (χ0n) is 11.4. The SMILES string of the molecule is CCCNCc1cccc(NS(=O)(=O)CC2CC2)c1. The fourth-order valence-electron chi connectivity index (χ4n) is 1.97. The van der Waals surface area contributed by atoms with E-state index in [4.69, 9.17) is 0 Å². The first-order valence-corrected chi connectivity index (χ1v) is 8.54. The highest BCUT2D eigenvalue weighted by molar-refractivity contribution is 7.92. The third-order valence-electron chi connectivity index (χ3n) is 3.11. The smallest absolute Gasteiger partial charge is 0.232 e. The predicted octanol–water partition coefficient (Wildman–Crippen LogP) is 2.34. The molecule has 1 fully saturated rings. The Labute approximate surface area is 115 Å². The molecule has 0 heterocycles. The van der Waals surface area contributed by atoms with Gasteiger partial charge in [-0.05, 0) is 49.4 Å². The molecule has 1 aliphatic rings. The summed E-state index contributed by atoms with van der Waals surface area (Å²) in [6, 6.07) is 7.58. The van der Waals surface area contributed by atoms with Crippen molar-refractivity contribution in [3.05, 3.63) is 29.8 Å². The van der Waals surface area contributed by atoms with E-state index in [0.29, 0.717) is 11.6 Å². The van der Waals surface area contributed by atoms with Gasteiger partial charge in [-0.1, -0.05) is 19.1 Å². The van der Waals surface area contributed by atoms with Crippen molar-refractivity contribution < 1.29 is 8.42 Å². The number of benzene rings is 1. The van der Waals surface area contributed by atoms with Crippen LogP contribution < -0.4 is 10.0 Å². The molecule has 1 saturated carbocycles. The van der Waals surface area contributed by atoms with E-state index in [1.807, 2.05) is 18.2 Å². The third-order valence-corrected chi connectivity index (χ3v) is 4.57. The van der Waals surface area contributed by atoms with Gasteiger partial charge in [0, 0.05) is 12.2 Å². The van der Waals surface area contributed by atoms with Crippen molar-refractivity contribution in [3.8, 4) is 0 Å². The lowest BCUT2D eigenvalue weighted by Gasteiger charge is -2.09. The van der Waals surface area contributed by atoms with Gasteiger partial charge in [-0.3, -0.25) is 4.72 Å². The first-order valence-electron chi connectivity index (χ1n) is 6.89. The molecule has 0 spiro atoms. The Kier molecular flexibility index (Phi) is 4.82. The second-order valence-corrected chi connectivity index (χ2v) is 6.97. The van der Waals surface area contributed by atoms with Crippen LogP contribution in [0, 0.1) is 5.92 Å². The predicted molar refractivity (Wildman–Crippen MR) is 78.6 cm³/mol. The highest BCUT2D eigenvalue weighted by atomic mass is 32.2. The minimum absolute atomic E-state index is 0.255. The fraction of sp³-hybridized carbons (Fsp3) is 0.571. The standard InChI is InChI=1S/C14H22N2O2S/c1-2-8-15-10-13-4-3-5-14(9-13)16-19(17,18)11-12-6-7-12/h3-5,9,12,15-16H,2,6-8,10-11H2,1H3. The molecular weight excluding hydrogens is 260 g/mol. The van der Waals surface area contributed by atoms with Crippen LogP contribution in [0.3, 0.4) is 0 Å². The lowest BCUT2D eigenvalue weighted by molar-refractivity contribution is 0.597. The summed E-state index contributed by atoms with van der Waals surface area (Å²) in [4.78, 5) is 0. The van der Waals surface area contributed by atoms with Gasteiger partial charge in [0.2, 0.25) is 10.0 Å². The van der Waals surface area contributed by atoms with Gasteiger partial charge in [0.05, 0.1) is 5.75 Å². The zero-order valence-corrected chi connectivity index (χ0v) is 12.2. The zero-order chi connectivity index (χ0) is 13.7. The topological polar surface area (TPSA) is 58.2 Å². The summed E-state index contributed by atoms with van der Waals surface area (Å²) >= 11 is 0. The van der Waals surface area contributed by atoms with Gasteiger partial charge in [0.1, 0.15) is 0 Å². The van der Waals surface area contributed by atoms with E-state index >= 15 is 0 Å². The molecule has 0 atom stereocenters. The van der Waals surface area contributed by atoms with E-state index in [-0.39, 0.29) is 5.75 Å². The van der Waals surface area contributed by atoms with Crippen LogP contribution in [0.5, 0.6) is 0 Å². The van der Waals surface area contributed by atoms with E-state index in [2.05, 4.69) is 17.0 Å². The monoisotopic (exact) mass is 282 g/mol. The van der Waals surface area contributed by atoms with Crippen LogP contribution in [-0.2, 0) is 16.6 Å². The molecule has 0 aliphatic heterocycles. The van der Waals surface area contributed by atoms with Crippen molar-refractivity contribution in [1.29, 1.82) is 0 Å². The Hall–Kier alpha value is -1.07. The van der Waals surface area contributed by atoms with Gasteiger partial charge >= 0.3 is 0 Å². The lowest BCUT2D eigenvalue weighted by atomic mass is 10.2. The second-order valence-electron chi connectivity index (χ2n) is 5.20. The van der Waals surface area contributed by atoms with Crippen LogP contribution in [0.1, 0.15) is 31.7 Å². The molecule has 5 heteroatoms. The number of hydrogen-bond acceptors (Lipinski definition) is 3. The molecule has 4 nitrogen and oxygen atoms in total. The van der Waals surface area contributed by atoms with Crippen molar-refractivity contribution >= 4 is 15.7 Å². The molecule has 2 rings (SSSR count). The maximum Gasteiger partial charge on any atom is 0.232 e. The van der Waals surface area contributed by atoms with E-state index in [1.165, 1.54) is 0 Å². The van der Waals surface area contributed by atoms with Gasteiger partial charge in [-0.25, -0.2) is 8.42 Å². The number of anilines is 1. The van der Waals surface area contributed by atoms with Gasteiger partial charge in [0.25, 0.3) is 0 Å². The van der Waals surface area contributed by atoms with Crippen LogP contribution in [0.4, 0.5) is 5.69 Å². The average molecular weight is 282 g/mol. The molecule has 0 amide bonds. The summed E-state index contributed by atoms with van der Waals surface area (Å²) in [7, 11) is -3.18. The molecule has 19 heavy (non-hydrogen) atoms. The van der Waals surface area contributed by atoms with Crippen molar-refractivity contribution in [3.63, 3.8) is 0 Å². The molecule has 2 N–H and O–H groups in total. The minimum atomic E-state index is -3.18.